The van der Waals surface area contributed by atoms with Crippen molar-refractivity contribution in [2.45, 2.75) is 12.8 Å². The number of hydrogen-bond donors (Lipinski definition) is 1. The minimum absolute atomic E-state index is 0.335. The van der Waals surface area contributed by atoms with Crippen molar-refractivity contribution in [3.05, 3.63) is 10.4 Å². The Hall–Kier alpha value is -1.55. The first kappa shape index (κ1) is 8.55. The Morgan fingerprint density at radius 2 is 2.50 bits per heavy atom. The lowest BCUT2D eigenvalue weighted by atomic mass is 9.98. The van der Waals surface area contributed by atoms with Crippen LogP contribution in [-0.4, -0.2) is 18.4 Å². The van der Waals surface area contributed by atoms with Crippen LogP contribution >= 0.6 is 0 Å². The lowest BCUT2D eigenvalue weighted by molar-refractivity contribution is -0.135. The van der Waals surface area contributed by atoms with Crippen molar-refractivity contribution in [1.29, 1.82) is 0 Å². The lowest BCUT2D eigenvalue weighted by Crippen LogP contribution is -2.39. The van der Waals surface area contributed by atoms with Crippen molar-refractivity contribution in [1.82, 2.24) is 5.32 Å². The molecule has 12 heavy (non-hydrogen) atoms. The predicted molar refractivity (Wildman–Crippen MR) is 39.9 cm³/mol. The molecule has 1 unspecified atom stereocenters. The van der Waals surface area contributed by atoms with Crippen LogP contribution in [0.2, 0.25) is 0 Å². The largest absolute Gasteiger partial charge is 0.355 e. The van der Waals surface area contributed by atoms with Gasteiger partial charge >= 0.3 is 0 Å². The van der Waals surface area contributed by atoms with Crippen LogP contribution in [0.3, 0.4) is 0 Å². The summed E-state index contributed by atoms with van der Waals surface area (Å²) in [6, 6.07) is 0. The van der Waals surface area contributed by atoms with E-state index in [1.54, 1.807) is 0 Å². The SMILES string of the molecule is [N-]=[N+]=NC(=O)C1CCCNC1=O. The highest BCUT2D eigenvalue weighted by molar-refractivity contribution is 6.01. The summed E-state index contributed by atoms with van der Waals surface area (Å²) >= 11 is 0. The first-order chi connectivity index (χ1) is 5.75. The Kier molecular flexibility index (Phi) is 2.66. The number of azide groups is 1. The number of nitrogens with one attached hydrogen (secondary N) is 1. The summed E-state index contributed by atoms with van der Waals surface area (Å²) in [7, 11) is 0. The monoisotopic (exact) mass is 168 g/mol. The van der Waals surface area contributed by atoms with Crippen LogP contribution in [0.5, 0.6) is 0 Å². The molecule has 1 aliphatic rings. The van der Waals surface area contributed by atoms with E-state index in [-0.39, 0.29) is 5.91 Å². The molecule has 1 aliphatic heterocycles. The number of carbonyl (C=O) groups is 2. The third-order valence-electron chi connectivity index (χ3n) is 1.73. The second kappa shape index (κ2) is 3.73. The van der Waals surface area contributed by atoms with Gasteiger partial charge in [0.15, 0.2) is 0 Å². The van der Waals surface area contributed by atoms with Gasteiger partial charge in [0.25, 0.3) is 0 Å². The molecule has 1 rings (SSSR count). The minimum Gasteiger partial charge on any atom is -0.355 e. The van der Waals surface area contributed by atoms with Crippen LogP contribution < -0.4 is 5.32 Å². The topological polar surface area (TPSA) is 94.9 Å². The van der Waals surface area contributed by atoms with Crippen LogP contribution in [0, 0.1) is 5.92 Å². The van der Waals surface area contributed by atoms with E-state index in [0.29, 0.717) is 13.0 Å². The summed E-state index contributed by atoms with van der Waals surface area (Å²) in [6.45, 7) is 0.596. The van der Waals surface area contributed by atoms with Crippen molar-refractivity contribution >= 4 is 11.8 Å². The van der Waals surface area contributed by atoms with Crippen molar-refractivity contribution in [3.8, 4) is 0 Å². The van der Waals surface area contributed by atoms with Crippen molar-refractivity contribution in [3.63, 3.8) is 0 Å². The summed E-state index contributed by atoms with van der Waals surface area (Å²) < 4.78 is 0. The fourth-order valence-electron chi connectivity index (χ4n) is 1.12. The number of hydrogen-bond acceptors (Lipinski definition) is 2. The van der Waals surface area contributed by atoms with Crippen LogP contribution in [-0.2, 0) is 9.59 Å². The van der Waals surface area contributed by atoms with Gasteiger partial charge in [-0.3, -0.25) is 9.59 Å². The van der Waals surface area contributed by atoms with Crippen LogP contribution in [0.1, 0.15) is 12.8 Å². The Morgan fingerprint density at radius 3 is 3.08 bits per heavy atom. The maximum atomic E-state index is 11.0. The average Bonchev–Trinajstić information content (AvgIpc) is 2.05. The van der Waals surface area contributed by atoms with E-state index >= 15 is 0 Å². The molecule has 0 bridgehead atoms. The highest BCUT2D eigenvalue weighted by Crippen LogP contribution is 2.12. The van der Waals surface area contributed by atoms with E-state index in [9.17, 15) is 9.59 Å². The minimum atomic E-state index is -0.769. The number of nitrogens with zero attached hydrogens (tertiary/aromatic N) is 3. The molecule has 0 aromatic rings. The van der Waals surface area contributed by atoms with Gasteiger partial charge in [-0.15, -0.1) is 0 Å². The Morgan fingerprint density at radius 1 is 1.75 bits per heavy atom. The predicted octanol–water partition coefficient (Wildman–Crippen LogP) is 0.349. The molecule has 6 nitrogen and oxygen atoms in total. The molecule has 0 aromatic carbocycles. The first-order valence-corrected chi connectivity index (χ1v) is 3.62. The maximum Gasteiger partial charge on any atom is 0.231 e. The zero-order valence-electron chi connectivity index (χ0n) is 6.36. The lowest BCUT2D eigenvalue weighted by Gasteiger charge is -2.18. The molecule has 1 atom stereocenters. The second-order valence-electron chi connectivity index (χ2n) is 2.51. The Bertz CT molecular complexity index is 256. The summed E-state index contributed by atoms with van der Waals surface area (Å²) in [5.74, 6) is -1.79. The number of piperidine rings is 1. The molecule has 0 spiro atoms. The van der Waals surface area contributed by atoms with Gasteiger partial charge < -0.3 is 5.32 Å². The van der Waals surface area contributed by atoms with Crippen molar-refractivity contribution < 1.29 is 9.59 Å². The van der Waals surface area contributed by atoms with Gasteiger partial charge in [-0.25, -0.2) is 0 Å². The third kappa shape index (κ3) is 1.73. The van der Waals surface area contributed by atoms with Gasteiger partial charge in [0, 0.05) is 11.5 Å². The smallest absolute Gasteiger partial charge is 0.231 e. The molecular formula is C6H8N4O2. The zero-order chi connectivity index (χ0) is 8.97. The normalized spacial score (nSPS) is 22.3. The van der Waals surface area contributed by atoms with E-state index in [2.05, 4.69) is 15.3 Å². The number of rotatable bonds is 1. The van der Waals surface area contributed by atoms with Gasteiger partial charge in [0.05, 0.1) is 0 Å². The molecule has 2 amide bonds. The van der Waals surface area contributed by atoms with Crippen LogP contribution in [0.15, 0.2) is 5.11 Å². The molecule has 6 heteroatoms. The van der Waals surface area contributed by atoms with E-state index in [1.807, 2.05) is 0 Å². The zero-order valence-corrected chi connectivity index (χ0v) is 6.36. The van der Waals surface area contributed by atoms with E-state index < -0.39 is 11.8 Å². The molecule has 0 radical (unpaired) electrons. The number of carbonyl (C=O) groups excluding carboxylic acids is 2. The van der Waals surface area contributed by atoms with Crippen LogP contribution in [0.25, 0.3) is 10.4 Å². The second-order valence-corrected chi connectivity index (χ2v) is 2.51. The highest BCUT2D eigenvalue weighted by atomic mass is 16.2. The molecule has 64 valence electrons. The maximum absolute atomic E-state index is 11.0. The standard InChI is InChI=1S/C6H8N4O2/c7-10-9-6(12)4-2-1-3-8-5(4)11/h4H,1-3H2,(H,8,11). The van der Waals surface area contributed by atoms with E-state index in [0.717, 1.165) is 6.42 Å². The van der Waals surface area contributed by atoms with Gasteiger partial charge in [-0.05, 0) is 23.5 Å². The summed E-state index contributed by atoms with van der Waals surface area (Å²) in [5.41, 5.74) is 7.96. The Labute approximate surface area is 68.6 Å². The molecular weight excluding hydrogens is 160 g/mol. The molecule has 0 aliphatic carbocycles. The fraction of sp³-hybridized carbons (Fsp3) is 0.667. The third-order valence-corrected chi connectivity index (χ3v) is 1.73. The Balaban J connectivity index is 2.65. The summed E-state index contributed by atoms with van der Waals surface area (Å²) in [5, 5.41) is 5.41. The molecule has 0 saturated carbocycles. The highest BCUT2D eigenvalue weighted by Gasteiger charge is 2.27. The van der Waals surface area contributed by atoms with Gasteiger partial charge in [-0.2, -0.15) is 0 Å². The molecule has 0 aromatic heterocycles. The van der Waals surface area contributed by atoms with Gasteiger partial charge in [0.2, 0.25) is 11.8 Å². The average molecular weight is 168 g/mol. The fourth-order valence-corrected chi connectivity index (χ4v) is 1.12. The van der Waals surface area contributed by atoms with Crippen molar-refractivity contribution in [2.24, 2.45) is 11.0 Å². The molecule has 1 heterocycles. The van der Waals surface area contributed by atoms with E-state index in [1.165, 1.54) is 0 Å². The van der Waals surface area contributed by atoms with E-state index in [4.69, 9.17) is 5.53 Å². The van der Waals surface area contributed by atoms with Gasteiger partial charge in [-0.1, -0.05) is 0 Å². The molecule has 1 N–H and O–H groups in total. The van der Waals surface area contributed by atoms with Crippen LogP contribution in [0.4, 0.5) is 0 Å². The summed E-state index contributed by atoms with van der Waals surface area (Å²) in [6.07, 6.45) is 1.23. The van der Waals surface area contributed by atoms with Gasteiger partial charge in [0.1, 0.15) is 5.92 Å². The quantitative estimate of drug-likeness (QED) is 0.264. The molecule has 1 fully saturated rings. The molecule has 1 saturated heterocycles. The number of amides is 2. The first-order valence-electron chi connectivity index (χ1n) is 3.62. The van der Waals surface area contributed by atoms with Crippen molar-refractivity contribution in [2.75, 3.05) is 6.54 Å². The summed E-state index contributed by atoms with van der Waals surface area (Å²) in [4.78, 5) is 24.3.